The van der Waals surface area contributed by atoms with E-state index in [1.807, 2.05) is 32.9 Å². The SMILES string of the molecule is CCCCNC(=O)[C@H](CC)N(Cc1cccc(OC)c1)C(=O)CN(c1cc(C)ccc1OC)S(=O)(=O)c1ccccc1. The van der Waals surface area contributed by atoms with Gasteiger partial charge in [-0.15, -0.1) is 0 Å². The van der Waals surface area contributed by atoms with Crippen molar-refractivity contribution in [2.45, 2.75) is 57.5 Å². The van der Waals surface area contributed by atoms with Crippen LogP contribution >= 0.6 is 0 Å². The van der Waals surface area contributed by atoms with E-state index in [9.17, 15) is 18.0 Å². The quantitative estimate of drug-likeness (QED) is 0.250. The van der Waals surface area contributed by atoms with Gasteiger partial charge in [-0.05, 0) is 67.3 Å². The molecule has 0 aliphatic rings. The summed E-state index contributed by atoms with van der Waals surface area (Å²) < 4.78 is 40.1. The molecule has 0 saturated carbocycles. The highest BCUT2D eigenvalue weighted by Crippen LogP contribution is 2.34. The second-order valence-corrected chi connectivity index (χ2v) is 11.8. The maximum Gasteiger partial charge on any atom is 0.264 e. The number of hydrogen-bond acceptors (Lipinski definition) is 6. The molecule has 0 fully saturated rings. The van der Waals surface area contributed by atoms with Gasteiger partial charge in [0, 0.05) is 13.1 Å². The molecule has 2 amide bonds. The second-order valence-electron chi connectivity index (χ2n) is 9.94. The third-order valence-electron chi connectivity index (χ3n) is 6.92. The first kappa shape index (κ1) is 32.5. The van der Waals surface area contributed by atoms with Crippen molar-refractivity contribution in [2.24, 2.45) is 0 Å². The minimum absolute atomic E-state index is 0.0325. The predicted octanol–water partition coefficient (Wildman–Crippen LogP) is 4.93. The average molecular weight is 596 g/mol. The summed E-state index contributed by atoms with van der Waals surface area (Å²) in [4.78, 5) is 29.1. The van der Waals surface area contributed by atoms with Gasteiger partial charge in [-0.3, -0.25) is 13.9 Å². The maximum atomic E-state index is 14.3. The zero-order chi connectivity index (χ0) is 30.7. The maximum absolute atomic E-state index is 14.3. The van der Waals surface area contributed by atoms with E-state index in [4.69, 9.17) is 9.47 Å². The summed E-state index contributed by atoms with van der Waals surface area (Å²) in [5, 5.41) is 2.94. The third-order valence-corrected chi connectivity index (χ3v) is 8.69. The number of carbonyl (C=O) groups is 2. The van der Waals surface area contributed by atoms with Crippen molar-refractivity contribution >= 4 is 27.5 Å². The minimum Gasteiger partial charge on any atom is -0.497 e. The molecule has 1 atom stereocenters. The predicted molar refractivity (Wildman–Crippen MR) is 164 cm³/mol. The van der Waals surface area contributed by atoms with Crippen molar-refractivity contribution < 1.29 is 27.5 Å². The van der Waals surface area contributed by atoms with Crippen molar-refractivity contribution in [3.63, 3.8) is 0 Å². The zero-order valence-corrected chi connectivity index (χ0v) is 25.8. The molecular weight excluding hydrogens is 554 g/mol. The van der Waals surface area contributed by atoms with E-state index in [1.54, 1.807) is 55.6 Å². The lowest BCUT2D eigenvalue weighted by molar-refractivity contribution is -0.140. The Bertz CT molecular complexity index is 1450. The van der Waals surface area contributed by atoms with Crippen LogP contribution in [0.1, 0.15) is 44.2 Å². The van der Waals surface area contributed by atoms with Crippen molar-refractivity contribution in [3.05, 3.63) is 83.9 Å². The summed E-state index contributed by atoms with van der Waals surface area (Å²) in [6, 6.07) is 19.5. The molecule has 0 unspecified atom stereocenters. The number of benzene rings is 3. The molecule has 226 valence electrons. The number of rotatable bonds is 15. The van der Waals surface area contributed by atoms with Crippen molar-refractivity contribution in [1.82, 2.24) is 10.2 Å². The summed E-state index contributed by atoms with van der Waals surface area (Å²) in [5.41, 5.74) is 1.77. The summed E-state index contributed by atoms with van der Waals surface area (Å²) in [6.45, 7) is 5.73. The molecular formula is C32H41N3O6S. The summed E-state index contributed by atoms with van der Waals surface area (Å²) in [6.07, 6.45) is 2.06. The van der Waals surface area contributed by atoms with Crippen LogP contribution in [0.15, 0.2) is 77.7 Å². The van der Waals surface area contributed by atoms with Crippen LogP contribution in [-0.4, -0.2) is 58.5 Å². The summed E-state index contributed by atoms with van der Waals surface area (Å²) in [5.74, 6) is 0.0981. The van der Waals surface area contributed by atoms with Gasteiger partial charge in [0.2, 0.25) is 11.8 Å². The van der Waals surface area contributed by atoms with Crippen LogP contribution in [0.5, 0.6) is 11.5 Å². The van der Waals surface area contributed by atoms with Gasteiger partial charge in [-0.2, -0.15) is 0 Å². The third kappa shape index (κ3) is 8.03. The monoisotopic (exact) mass is 595 g/mol. The van der Waals surface area contributed by atoms with Crippen molar-refractivity contribution in [2.75, 3.05) is 31.6 Å². The van der Waals surface area contributed by atoms with Gasteiger partial charge in [0.1, 0.15) is 24.1 Å². The molecule has 42 heavy (non-hydrogen) atoms. The second kappa shape index (κ2) is 15.3. The number of aryl methyl sites for hydroxylation is 1. The van der Waals surface area contributed by atoms with E-state index >= 15 is 0 Å². The molecule has 0 saturated heterocycles. The molecule has 0 aromatic heterocycles. The molecule has 3 aromatic carbocycles. The molecule has 10 heteroatoms. The van der Waals surface area contributed by atoms with Crippen molar-refractivity contribution in [3.8, 4) is 11.5 Å². The topological polar surface area (TPSA) is 105 Å². The van der Waals surface area contributed by atoms with Crippen LogP contribution in [0.3, 0.4) is 0 Å². The summed E-state index contributed by atoms with van der Waals surface area (Å²) in [7, 11) is -1.19. The van der Waals surface area contributed by atoms with Gasteiger partial charge in [-0.25, -0.2) is 8.42 Å². The first-order chi connectivity index (χ1) is 20.2. The molecule has 0 aliphatic heterocycles. The van der Waals surface area contributed by atoms with Crippen LogP contribution in [0.4, 0.5) is 5.69 Å². The molecule has 0 bridgehead atoms. The fourth-order valence-electron chi connectivity index (χ4n) is 4.62. The Hall–Kier alpha value is -4.05. The lowest BCUT2D eigenvalue weighted by Gasteiger charge is -2.33. The fourth-order valence-corrected chi connectivity index (χ4v) is 6.06. The van der Waals surface area contributed by atoms with E-state index in [0.29, 0.717) is 24.5 Å². The van der Waals surface area contributed by atoms with Gasteiger partial charge in [0.15, 0.2) is 0 Å². The highest BCUT2D eigenvalue weighted by Gasteiger charge is 2.34. The smallest absolute Gasteiger partial charge is 0.264 e. The van der Waals surface area contributed by atoms with Crippen LogP contribution in [0.25, 0.3) is 0 Å². The van der Waals surface area contributed by atoms with Gasteiger partial charge < -0.3 is 19.7 Å². The van der Waals surface area contributed by atoms with E-state index in [0.717, 1.165) is 28.3 Å². The zero-order valence-electron chi connectivity index (χ0n) is 25.0. The lowest BCUT2D eigenvalue weighted by atomic mass is 10.1. The Morgan fingerprint density at radius 2 is 1.67 bits per heavy atom. The Morgan fingerprint density at radius 3 is 2.31 bits per heavy atom. The van der Waals surface area contributed by atoms with E-state index in [1.165, 1.54) is 24.1 Å². The number of sulfonamides is 1. The molecule has 0 heterocycles. The Balaban J connectivity index is 2.10. The molecule has 0 aliphatic carbocycles. The Morgan fingerprint density at radius 1 is 0.929 bits per heavy atom. The molecule has 3 aromatic rings. The molecule has 0 spiro atoms. The Labute approximate surface area is 249 Å². The number of unbranched alkanes of at least 4 members (excludes halogenated alkanes) is 1. The number of carbonyl (C=O) groups excluding carboxylic acids is 2. The van der Waals surface area contributed by atoms with Crippen LogP contribution in [0.2, 0.25) is 0 Å². The molecule has 1 N–H and O–H groups in total. The number of anilines is 1. The van der Waals surface area contributed by atoms with E-state index < -0.39 is 28.5 Å². The normalized spacial score (nSPS) is 11.8. The molecule has 0 radical (unpaired) electrons. The highest BCUT2D eigenvalue weighted by atomic mass is 32.2. The first-order valence-corrected chi connectivity index (χ1v) is 15.5. The first-order valence-electron chi connectivity index (χ1n) is 14.1. The lowest BCUT2D eigenvalue weighted by Crippen LogP contribution is -2.52. The molecule has 3 rings (SSSR count). The summed E-state index contributed by atoms with van der Waals surface area (Å²) >= 11 is 0. The number of methoxy groups -OCH3 is 2. The van der Waals surface area contributed by atoms with Crippen LogP contribution < -0.4 is 19.1 Å². The largest absolute Gasteiger partial charge is 0.497 e. The number of hydrogen-bond donors (Lipinski definition) is 1. The van der Waals surface area contributed by atoms with Crippen LogP contribution in [-0.2, 0) is 26.2 Å². The molecule has 9 nitrogen and oxygen atoms in total. The van der Waals surface area contributed by atoms with Gasteiger partial charge in [0.05, 0.1) is 24.8 Å². The van der Waals surface area contributed by atoms with Crippen LogP contribution in [0, 0.1) is 6.92 Å². The average Bonchev–Trinajstić information content (AvgIpc) is 3.00. The highest BCUT2D eigenvalue weighted by molar-refractivity contribution is 7.92. The van der Waals surface area contributed by atoms with Crippen molar-refractivity contribution in [1.29, 1.82) is 0 Å². The van der Waals surface area contributed by atoms with Gasteiger partial charge in [-0.1, -0.05) is 56.7 Å². The number of amides is 2. The van der Waals surface area contributed by atoms with E-state index in [2.05, 4.69) is 5.32 Å². The number of nitrogens with zero attached hydrogens (tertiary/aromatic N) is 2. The van der Waals surface area contributed by atoms with Gasteiger partial charge >= 0.3 is 0 Å². The number of ether oxygens (including phenoxy) is 2. The van der Waals surface area contributed by atoms with Gasteiger partial charge in [0.25, 0.3) is 10.0 Å². The number of nitrogens with one attached hydrogen (secondary N) is 1. The van der Waals surface area contributed by atoms with E-state index in [-0.39, 0.29) is 23.0 Å². The standard InChI is InChI=1S/C32H41N3O6S/c1-6-8-19-33-32(37)28(7-2)34(22-25-13-12-14-26(21-25)40-4)31(36)23-35(29-20-24(3)17-18-30(29)41-5)42(38,39)27-15-10-9-11-16-27/h9-18,20-21,28H,6-8,19,22-23H2,1-5H3,(H,33,37)/t28-/m0/s1. The Kier molecular flexibility index (Phi) is 11.8. The minimum atomic E-state index is -4.20. The fraction of sp³-hybridized carbons (Fsp3) is 0.375.